The van der Waals surface area contributed by atoms with Crippen LogP contribution in [0.25, 0.3) is 0 Å². The molecule has 0 fully saturated rings. The molecule has 1 heterocycles. The molecule has 0 saturated heterocycles. The largest absolute Gasteiger partial charge is 0.478 e. The average molecular weight is 274 g/mol. The molecule has 0 radical (unpaired) electrons. The number of hydrogen-bond acceptors (Lipinski definition) is 3. The number of nitrogens with one attached hydrogen (secondary N) is 1. The van der Waals surface area contributed by atoms with Crippen molar-refractivity contribution < 1.29 is 14.7 Å². The van der Waals surface area contributed by atoms with Crippen molar-refractivity contribution >= 4 is 17.6 Å². The Hall–Kier alpha value is -2.30. The van der Waals surface area contributed by atoms with Crippen LogP contribution in [0.4, 0.5) is 5.69 Å². The van der Waals surface area contributed by atoms with Gasteiger partial charge in [-0.1, -0.05) is 12.1 Å². The quantitative estimate of drug-likeness (QED) is 0.797. The molecule has 2 N–H and O–H groups in total. The third kappa shape index (κ3) is 2.99. The molecule has 20 heavy (non-hydrogen) atoms. The second-order valence-electron chi connectivity index (χ2n) is 4.73. The standard InChI is InChI=1S/C15H18N2O3/c1-2-8-16-14(18)10-17-9-4-6-11-12(15(19)20)5-3-7-13(11)17/h2-3,5,7H,1,4,6,8-10H2,(H,16,18)(H,19,20). The van der Waals surface area contributed by atoms with Gasteiger partial charge in [-0.15, -0.1) is 6.58 Å². The number of nitrogens with zero attached hydrogens (tertiary/aromatic N) is 1. The van der Waals surface area contributed by atoms with Crippen molar-refractivity contribution in [2.75, 3.05) is 24.5 Å². The summed E-state index contributed by atoms with van der Waals surface area (Å²) in [5.74, 6) is -1.00. The minimum Gasteiger partial charge on any atom is -0.478 e. The van der Waals surface area contributed by atoms with Crippen molar-refractivity contribution in [1.82, 2.24) is 5.32 Å². The summed E-state index contributed by atoms with van der Waals surface area (Å²) < 4.78 is 0. The minimum absolute atomic E-state index is 0.0847. The molecule has 0 bridgehead atoms. The Morgan fingerprint density at radius 2 is 2.25 bits per heavy atom. The highest BCUT2D eigenvalue weighted by Gasteiger charge is 2.23. The lowest BCUT2D eigenvalue weighted by atomic mass is 9.96. The minimum atomic E-state index is -0.917. The highest BCUT2D eigenvalue weighted by atomic mass is 16.4. The summed E-state index contributed by atoms with van der Waals surface area (Å²) in [4.78, 5) is 25.0. The van der Waals surface area contributed by atoms with Crippen LogP contribution in [0.2, 0.25) is 0 Å². The topological polar surface area (TPSA) is 69.6 Å². The van der Waals surface area contributed by atoms with Crippen molar-refractivity contribution in [3.05, 3.63) is 42.0 Å². The first-order chi connectivity index (χ1) is 9.63. The molecule has 106 valence electrons. The fraction of sp³-hybridized carbons (Fsp3) is 0.333. The van der Waals surface area contributed by atoms with E-state index in [1.807, 2.05) is 11.0 Å². The summed E-state index contributed by atoms with van der Waals surface area (Å²) in [5, 5.41) is 11.9. The van der Waals surface area contributed by atoms with E-state index < -0.39 is 5.97 Å². The van der Waals surface area contributed by atoms with E-state index in [0.29, 0.717) is 12.1 Å². The Labute approximate surface area is 117 Å². The Bertz CT molecular complexity index is 540. The van der Waals surface area contributed by atoms with E-state index in [1.54, 1.807) is 18.2 Å². The molecule has 1 aliphatic heterocycles. The van der Waals surface area contributed by atoms with Gasteiger partial charge in [0.25, 0.3) is 0 Å². The Balaban J connectivity index is 2.20. The maximum Gasteiger partial charge on any atom is 0.336 e. The summed E-state index contributed by atoms with van der Waals surface area (Å²) in [7, 11) is 0. The van der Waals surface area contributed by atoms with Gasteiger partial charge >= 0.3 is 5.97 Å². The summed E-state index contributed by atoms with van der Waals surface area (Å²) in [5.41, 5.74) is 2.01. The Morgan fingerprint density at radius 1 is 1.45 bits per heavy atom. The molecule has 2 rings (SSSR count). The molecule has 1 amide bonds. The van der Waals surface area contributed by atoms with Crippen molar-refractivity contribution in [2.45, 2.75) is 12.8 Å². The van der Waals surface area contributed by atoms with Gasteiger partial charge in [0, 0.05) is 18.8 Å². The number of carbonyl (C=O) groups is 2. The normalized spacial score (nSPS) is 13.5. The summed E-state index contributed by atoms with van der Waals surface area (Å²) >= 11 is 0. The summed E-state index contributed by atoms with van der Waals surface area (Å²) in [6.45, 7) is 4.99. The van der Waals surface area contributed by atoms with Crippen molar-refractivity contribution in [3.8, 4) is 0 Å². The molecule has 0 spiro atoms. The second-order valence-corrected chi connectivity index (χ2v) is 4.73. The molecule has 1 aromatic carbocycles. The van der Waals surface area contributed by atoms with Gasteiger partial charge in [0.05, 0.1) is 12.1 Å². The monoisotopic (exact) mass is 274 g/mol. The van der Waals surface area contributed by atoms with E-state index in [1.165, 1.54) is 0 Å². The van der Waals surface area contributed by atoms with Gasteiger partial charge in [0.1, 0.15) is 0 Å². The summed E-state index contributed by atoms with van der Waals surface area (Å²) in [6.07, 6.45) is 3.22. The highest BCUT2D eigenvalue weighted by Crippen LogP contribution is 2.29. The fourth-order valence-electron chi connectivity index (χ4n) is 2.48. The average Bonchev–Trinajstić information content (AvgIpc) is 2.44. The lowest BCUT2D eigenvalue weighted by Crippen LogP contribution is -2.40. The van der Waals surface area contributed by atoms with E-state index in [2.05, 4.69) is 11.9 Å². The molecule has 5 heteroatoms. The Morgan fingerprint density at radius 3 is 2.95 bits per heavy atom. The molecular formula is C15H18N2O3. The number of carboxylic acid groups (broad SMARTS) is 1. The molecule has 5 nitrogen and oxygen atoms in total. The van der Waals surface area contributed by atoms with Gasteiger partial charge < -0.3 is 15.3 Å². The SMILES string of the molecule is C=CCNC(=O)CN1CCCc2c(C(=O)O)cccc21. The van der Waals surface area contributed by atoms with Crippen LogP contribution in [0, 0.1) is 0 Å². The first-order valence-electron chi connectivity index (χ1n) is 6.61. The van der Waals surface area contributed by atoms with Gasteiger partial charge in [0.15, 0.2) is 0 Å². The number of fused-ring (bicyclic) bond motifs is 1. The number of carboxylic acids is 1. The molecule has 1 aromatic rings. The molecule has 0 unspecified atom stereocenters. The molecule has 1 aliphatic rings. The van der Waals surface area contributed by atoms with Crippen LogP contribution in [0.1, 0.15) is 22.3 Å². The van der Waals surface area contributed by atoms with Crippen LogP contribution in [0.3, 0.4) is 0 Å². The fourth-order valence-corrected chi connectivity index (χ4v) is 2.48. The first-order valence-corrected chi connectivity index (χ1v) is 6.61. The molecule has 0 atom stereocenters. The molecular weight excluding hydrogens is 256 g/mol. The lowest BCUT2D eigenvalue weighted by Gasteiger charge is -2.31. The zero-order valence-electron chi connectivity index (χ0n) is 11.3. The van der Waals surface area contributed by atoms with Crippen LogP contribution >= 0.6 is 0 Å². The van der Waals surface area contributed by atoms with Gasteiger partial charge in [0.2, 0.25) is 5.91 Å². The maximum absolute atomic E-state index is 11.8. The molecule has 0 aromatic heterocycles. The lowest BCUT2D eigenvalue weighted by molar-refractivity contribution is -0.119. The van der Waals surface area contributed by atoms with E-state index >= 15 is 0 Å². The van der Waals surface area contributed by atoms with Gasteiger partial charge in [-0.05, 0) is 30.5 Å². The highest BCUT2D eigenvalue weighted by molar-refractivity contribution is 5.92. The van der Waals surface area contributed by atoms with Crippen LogP contribution < -0.4 is 10.2 Å². The number of anilines is 1. The van der Waals surface area contributed by atoms with Gasteiger partial charge in [-0.2, -0.15) is 0 Å². The Kier molecular flexibility index (Phi) is 4.40. The first kappa shape index (κ1) is 14.1. The van der Waals surface area contributed by atoms with E-state index in [9.17, 15) is 14.7 Å². The van der Waals surface area contributed by atoms with Crippen molar-refractivity contribution in [2.24, 2.45) is 0 Å². The number of benzene rings is 1. The maximum atomic E-state index is 11.8. The van der Waals surface area contributed by atoms with E-state index in [4.69, 9.17) is 0 Å². The third-order valence-electron chi connectivity index (χ3n) is 3.36. The van der Waals surface area contributed by atoms with Gasteiger partial charge in [-0.3, -0.25) is 4.79 Å². The van der Waals surface area contributed by atoms with Gasteiger partial charge in [-0.25, -0.2) is 4.79 Å². The van der Waals surface area contributed by atoms with Crippen molar-refractivity contribution in [1.29, 1.82) is 0 Å². The van der Waals surface area contributed by atoms with Crippen molar-refractivity contribution in [3.63, 3.8) is 0 Å². The number of hydrogen-bond donors (Lipinski definition) is 2. The number of aromatic carboxylic acids is 1. The molecule has 0 aliphatic carbocycles. The van der Waals surface area contributed by atoms with Crippen LogP contribution in [-0.4, -0.2) is 36.6 Å². The zero-order chi connectivity index (χ0) is 14.5. The third-order valence-corrected chi connectivity index (χ3v) is 3.36. The number of carbonyl (C=O) groups excluding carboxylic acids is 1. The zero-order valence-corrected chi connectivity index (χ0v) is 11.3. The van der Waals surface area contributed by atoms with Crippen LogP contribution in [0.5, 0.6) is 0 Å². The summed E-state index contributed by atoms with van der Waals surface area (Å²) in [6, 6.07) is 5.21. The second kappa shape index (κ2) is 6.23. The number of rotatable bonds is 5. The number of amides is 1. The van der Waals surface area contributed by atoms with E-state index in [-0.39, 0.29) is 12.5 Å². The predicted octanol–water partition coefficient (Wildman–Crippen LogP) is 1.44. The smallest absolute Gasteiger partial charge is 0.336 e. The van der Waals surface area contributed by atoms with Crippen LogP contribution in [-0.2, 0) is 11.2 Å². The van der Waals surface area contributed by atoms with E-state index in [0.717, 1.165) is 30.6 Å². The predicted molar refractivity (Wildman–Crippen MR) is 77.1 cm³/mol. The van der Waals surface area contributed by atoms with Crippen LogP contribution in [0.15, 0.2) is 30.9 Å². The molecule has 0 saturated carbocycles.